The van der Waals surface area contributed by atoms with Crippen LogP contribution in [0.1, 0.15) is 29.5 Å². The molecule has 0 saturated carbocycles. The van der Waals surface area contributed by atoms with E-state index in [0.717, 1.165) is 58.4 Å². The summed E-state index contributed by atoms with van der Waals surface area (Å²) >= 11 is 1.74. The third-order valence-corrected chi connectivity index (χ3v) is 7.81. The van der Waals surface area contributed by atoms with Crippen molar-refractivity contribution in [2.45, 2.75) is 31.8 Å². The van der Waals surface area contributed by atoms with Crippen LogP contribution in [-0.4, -0.2) is 46.9 Å². The standard InChI is InChI=1S/C27H28N4O4S/c1-17(32)29-25-12-20-21(15-31(2)23(20)14-28-25)22-13-24(34-8-5-18-4-3-11-36-18)19-6-9-35-27(26(19)30-22)7-10-33-16-27/h3-4,11-15H,5-10,16H2,1-2H3,(H,28,29,32). The number of anilines is 1. The summed E-state index contributed by atoms with van der Waals surface area (Å²) in [5.41, 5.74) is 4.21. The van der Waals surface area contributed by atoms with Crippen LogP contribution in [0.2, 0.25) is 0 Å². The van der Waals surface area contributed by atoms with E-state index < -0.39 is 5.60 Å². The highest BCUT2D eigenvalue weighted by molar-refractivity contribution is 7.09. The van der Waals surface area contributed by atoms with Crippen LogP contribution in [0.4, 0.5) is 5.82 Å². The van der Waals surface area contributed by atoms with Gasteiger partial charge in [0, 0.05) is 73.5 Å². The molecule has 1 unspecified atom stereocenters. The zero-order chi connectivity index (χ0) is 24.7. The Morgan fingerprint density at radius 1 is 1.33 bits per heavy atom. The molecule has 36 heavy (non-hydrogen) atoms. The quantitative estimate of drug-likeness (QED) is 0.417. The van der Waals surface area contributed by atoms with E-state index in [0.29, 0.717) is 32.2 Å². The molecule has 6 heterocycles. The average molecular weight is 505 g/mol. The second-order valence-corrected chi connectivity index (χ2v) is 10.4. The topological polar surface area (TPSA) is 87.5 Å². The third kappa shape index (κ3) is 4.17. The summed E-state index contributed by atoms with van der Waals surface area (Å²) in [6, 6.07) is 8.15. The highest BCUT2D eigenvalue weighted by atomic mass is 32.1. The van der Waals surface area contributed by atoms with Crippen LogP contribution in [0.5, 0.6) is 5.75 Å². The maximum Gasteiger partial charge on any atom is 0.222 e. The number of hydrogen-bond acceptors (Lipinski definition) is 7. The molecule has 1 amide bonds. The molecule has 1 atom stereocenters. The lowest BCUT2D eigenvalue weighted by molar-refractivity contribution is -0.114. The van der Waals surface area contributed by atoms with Crippen molar-refractivity contribution in [3.8, 4) is 17.0 Å². The largest absolute Gasteiger partial charge is 0.493 e. The van der Waals surface area contributed by atoms with E-state index in [-0.39, 0.29) is 5.91 Å². The molecule has 4 aromatic rings. The smallest absolute Gasteiger partial charge is 0.222 e. The van der Waals surface area contributed by atoms with Gasteiger partial charge in [-0.3, -0.25) is 4.79 Å². The zero-order valence-corrected chi connectivity index (χ0v) is 21.2. The number of aromatic nitrogens is 3. The number of ether oxygens (including phenoxy) is 3. The molecule has 0 aromatic carbocycles. The van der Waals surface area contributed by atoms with Gasteiger partial charge in [-0.2, -0.15) is 0 Å². The van der Waals surface area contributed by atoms with Crippen LogP contribution in [0, 0.1) is 0 Å². The van der Waals surface area contributed by atoms with E-state index in [4.69, 9.17) is 19.2 Å². The van der Waals surface area contributed by atoms with Gasteiger partial charge in [0.1, 0.15) is 17.2 Å². The highest BCUT2D eigenvalue weighted by Gasteiger charge is 2.44. The summed E-state index contributed by atoms with van der Waals surface area (Å²) in [6.45, 7) is 3.84. The van der Waals surface area contributed by atoms with E-state index in [1.54, 1.807) is 17.5 Å². The Morgan fingerprint density at radius 2 is 2.25 bits per heavy atom. The van der Waals surface area contributed by atoms with Gasteiger partial charge in [-0.25, -0.2) is 9.97 Å². The average Bonchev–Trinajstić information content (AvgIpc) is 3.61. The second-order valence-electron chi connectivity index (χ2n) is 9.33. The van der Waals surface area contributed by atoms with Crippen LogP contribution in [0.25, 0.3) is 22.2 Å². The van der Waals surface area contributed by atoms with Crippen molar-refractivity contribution in [1.29, 1.82) is 0 Å². The fraction of sp³-hybridized carbons (Fsp3) is 0.370. The summed E-state index contributed by atoms with van der Waals surface area (Å²) in [5, 5.41) is 5.84. The number of rotatable bonds is 6. The Balaban J connectivity index is 1.46. The summed E-state index contributed by atoms with van der Waals surface area (Å²) in [7, 11) is 1.98. The van der Waals surface area contributed by atoms with E-state index in [1.807, 2.05) is 17.7 Å². The Kier molecular flexibility index (Phi) is 5.99. The SMILES string of the molecule is CC(=O)Nc1cc2c(-c3cc(OCCc4cccs4)c4c(n3)C3(CCOC3)OCC4)cn(C)c2cn1. The highest BCUT2D eigenvalue weighted by Crippen LogP contribution is 2.44. The maximum atomic E-state index is 11.6. The van der Waals surface area contributed by atoms with Crippen LogP contribution in [0.15, 0.2) is 42.0 Å². The Hall–Kier alpha value is -3.27. The van der Waals surface area contributed by atoms with Gasteiger partial charge in [-0.05, 0) is 17.5 Å². The summed E-state index contributed by atoms with van der Waals surface area (Å²) in [5.74, 6) is 1.21. The van der Waals surface area contributed by atoms with Crippen LogP contribution in [-0.2, 0) is 39.8 Å². The van der Waals surface area contributed by atoms with Crippen molar-refractivity contribution in [2.75, 3.05) is 31.7 Å². The van der Waals surface area contributed by atoms with Crippen molar-refractivity contribution in [1.82, 2.24) is 14.5 Å². The van der Waals surface area contributed by atoms with E-state index in [9.17, 15) is 4.79 Å². The molecule has 8 nitrogen and oxygen atoms in total. The van der Waals surface area contributed by atoms with Crippen molar-refractivity contribution < 1.29 is 19.0 Å². The lowest BCUT2D eigenvalue weighted by Crippen LogP contribution is -2.37. The molecule has 2 aliphatic rings. The monoisotopic (exact) mass is 504 g/mol. The number of thiophene rings is 1. The Morgan fingerprint density at radius 3 is 3.03 bits per heavy atom. The van der Waals surface area contributed by atoms with Crippen molar-refractivity contribution in [3.05, 3.63) is 58.2 Å². The molecule has 6 rings (SSSR count). The molecule has 9 heteroatoms. The van der Waals surface area contributed by atoms with Crippen molar-refractivity contribution in [3.63, 3.8) is 0 Å². The number of nitrogens with zero attached hydrogens (tertiary/aromatic N) is 3. The number of carbonyl (C=O) groups is 1. The molecule has 1 saturated heterocycles. The van der Waals surface area contributed by atoms with Crippen LogP contribution in [0.3, 0.4) is 0 Å². The van der Waals surface area contributed by atoms with E-state index in [2.05, 4.69) is 40.1 Å². The third-order valence-electron chi connectivity index (χ3n) is 6.87. The van der Waals surface area contributed by atoms with Gasteiger partial charge in [0.15, 0.2) is 0 Å². The minimum Gasteiger partial charge on any atom is -0.493 e. The van der Waals surface area contributed by atoms with Gasteiger partial charge in [-0.1, -0.05) is 6.07 Å². The van der Waals surface area contributed by atoms with Crippen LogP contribution >= 0.6 is 11.3 Å². The number of aryl methyl sites for hydroxylation is 1. The first kappa shape index (κ1) is 23.1. The fourth-order valence-corrected chi connectivity index (χ4v) is 5.83. The Labute approximate surface area is 213 Å². The predicted octanol–water partition coefficient (Wildman–Crippen LogP) is 4.47. The van der Waals surface area contributed by atoms with Gasteiger partial charge in [-0.15, -0.1) is 11.3 Å². The lowest BCUT2D eigenvalue weighted by atomic mass is 9.89. The number of pyridine rings is 2. The summed E-state index contributed by atoms with van der Waals surface area (Å²) in [6.07, 6.45) is 6.21. The number of carbonyl (C=O) groups excluding carboxylic acids is 1. The molecule has 0 radical (unpaired) electrons. The van der Waals surface area contributed by atoms with Crippen molar-refractivity contribution in [2.24, 2.45) is 7.05 Å². The Bertz CT molecular complexity index is 1420. The molecule has 1 N–H and O–H groups in total. The normalized spacial score (nSPS) is 19.1. The minimum atomic E-state index is -0.539. The second kappa shape index (κ2) is 9.31. The van der Waals surface area contributed by atoms with Gasteiger partial charge >= 0.3 is 0 Å². The van der Waals surface area contributed by atoms with Gasteiger partial charge in [0.25, 0.3) is 0 Å². The summed E-state index contributed by atoms with van der Waals surface area (Å²) < 4.78 is 20.6. The molecular weight excluding hydrogens is 476 g/mol. The molecule has 4 aromatic heterocycles. The number of hydrogen-bond donors (Lipinski definition) is 1. The number of nitrogens with one attached hydrogen (secondary N) is 1. The molecule has 0 aliphatic carbocycles. The molecule has 2 aliphatic heterocycles. The van der Waals surface area contributed by atoms with Gasteiger partial charge in [0.05, 0.1) is 42.9 Å². The minimum absolute atomic E-state index is 0.159. The van der Waals surface area contributed by atoms with Crippen LogP contribution < -0.4 is 10.1 Å². The molecule has 0 bridgehead atoms. The maximum absolute atomic E-state index is 11.6. The molecule has 186 valence electrons. The van der Waals surface area contributed by atoms with E-state index in [1.165, 1.54) is 11.8 Å². The predicted molar refractivity (Wildman–Crippen MR) is 139 cm³/mol. The number of amides is 1. The first-order chi connectivity index (χ1) is 17.5. The molecule has 1 spiro atoms. The summed E-state index contributed by atoms with van der Waals surface area (Å²) in [4.78, 5) is 22.5. The van der Waals surface area contributed by atoms with Gasteiger partial charge in [0.2, 0.25) is 5.91 Å². The lowest BCUT2D eigenvalue weighted by Gasteiger charge is -2.34. The van der Waals surface area contributed by atoms with E-state index >= 15 is 0 Å². The first-order valence-electron chi connectivity index (χ1n) is 12.2. The fourth-order valence-electron chi connectivity index (χ4n) is 5.14. The van der Waals surface area contributed by atoms with Gasteiger partial charge < -0.3 is 24.1 Å². The molecule has 1 fully saturated rings. The zero-order valence-electron chi connectivity index (χ0n) is 20.4. The molecular formula is C27H28N4O4S. The number of fused-ring (bicyclic) bond motifs is 3. The van der Waals surface area contributed by atoms with Crippen molar-refractivity contribution >= 4 is 34.0 Å². The first-order valence-corrected chi connectivity index (χ1v) is 13.0.